The molecule has 0 unspecified atom stereocenters. The Balaban J connectivity index is 2.40. The second-order valence-corrected chi connectivity index (χ2v) is 4.98. The third kappa shape index (κ3) is 5.97. The van der Waals surface area contributed by atoms with E-state index in [1.165, 1.54) is 5.69 Å². The van der Waals surface area contributed by atoms with Crippen LogP contribution in [-0.4, -0.2) is 32.3 Å². The summed E-state index contributed by atoms with van der Waals surface area (Å²) in [5.74, 6) is 0.967. The van der Waals surface area contributed by atoms with Gasteiger partial charge in [-0.2, -0.15) is 0 Å². The highest BCUT2D eigenvalue weighted by molar-refractivity contribution is 5.50. The first-order valence-electron chi connectivity index (χ1n) is 7.38. The van der Waals surface area contributed by atoms with Crippen LogP contribution in [0.25, 0.3) is 0 Å². The van der Waals surface area contributed by atoms with Crippen molar-refractivity contribution in [3.8, 4) is 5.75 Å². The van der Waals surface area contributed by atoms with Crippen molar-refractivity contribution < 1.29 is 4.74 Å². The molecule has 3 heteroatoms. The zero-order valence-corrected chi connectivity index (χ0v) is 12.8. The van der Waals surface area contributed by atoms with E-state index in [0.717, 1.165) is 38.4 Å². The molecule has 0 aliphatic heterocycles. The van der Waals surface area contributed by atoms with Gasteiger partial charge in [-0.15, -0.1) is 0 Å². The van der Waals surface area contributed by atoms with E-state index < -0.39 is 0 Å². The second kappa shape index (κ2) is 8.81. The summed E-state index contributed by atoms with van der Waals surface area (Å²) in [6, 6.07) is 8.91. The summed E-state index contributed by atoms with van der Waals surface area (Å²) in [6.45, 7) is 12.5. The minimum absolute atomic E-state index is 0.547. The smallest absolute Gasteiger partial charge is 0.121 e. The van der Waals surface area contributed by atoms with E-state index in [0.29, 0.717) is 6.04 Å². The van der Waals surface area contributed by atoms with Gasteiger partial charge in [0.1, 0.15) is 5.75 Å². The van der Waals surface area contributed by atoms with Gasteiger partial charge in [0.15, 0.2) is 0 Å². The highest BCUT2D eigenvalue weighted by Crippen LogP contribution is 2.20. The van der Waals surface area contributed by atoms with Gasteiger partial charge in [0.05, 0.1) is 6.61 Å². The van der Waals surface area contributed by atoms with Crippen molar-refractivity contribution in [2.75, 3.05) is 31.1 Å². The summed E-state index contributed by atoms with van der Waals surface area (Å²) in [4.78, 5) is 2.33. The molecule has 0 spiro atoms. The Kier molecular flexibility index (Phi) is 7.34. The Morgan fingerprint density at radius 1 is 1.21 bits per heavy atom. The summed E-state index contributed by atoms with van der Waals surface area (Å²) in [6.07, 6.45) is 1.04. The third-order valence-corrected chi connectivity index (χ3v) is 3.09. The Morgan fingerprint density at radius 2 is 1.95 bits per heavy atom. The Labute approximate surface area is 118 Å². The fraction of sp³-hybridized carbons (Fsp3) is 0.625. The summed E-state index contributed by atoms with van der Waals surface area (Å²) in [5, 5.41) is 3.39. The first-order valence-corrected chi connectivity index (χ1v) is 7.38. The molecule has 1 N–H and O–H groups in total. The standard InChI is InChI=1S/C16H28N2O/c1-5-18(6-2)15-9-7-10-16(13-15)19-12-8-11-17-14(3)4/h7,9-10,13-14,17H,5-6,8,11-12H2,1-4H3. The maximum Gasteiger partial charge on any atom is 0.121 e. The highest BCUT2D eigenvalue weighted by Gasteiger charge is 2.03. The van der Waals surface area contributed by atoms with Crippen molar-refractivity contribution in [3.05, 3.63) is 24.3 Å². The third-order valence-electron chi connectivity index (χ3n) is 3.09. The van der Waals surface area contributed by atoms with Gasteiger partial charge < -0.3 is 15.0 Å². The Morgan fingerprint density at radius 3 is 2.58 bits per heavy atom. The molecule has 0 atom stereocenters. The van der Waals surface area contributed by atoms with Crippen LogP contribution in [0.5, 0.6) is 5.75 Å². The molecule has 0 heterocycles. The van der Waals surface area contributed by atoms with Crippen LogP contribution in [0, 0.1) is 0 Å². The molecule has 0 bridgehead atoms. The molecule has 0 saturated heterocycles. The number of rotatable bonds is 9. The van der Waals surface area contributed by atoms with E-state index >= 15 is 0 Å². The van der Waals surface area contributed by atoms with E-state index in [1.54, 1.807) is 0 Å². The maximum absolute atomic E-state index is 5.80. The van der Waals surface area contributed by atoms with Crippen molar-refractivity contribution in [1.29, 1.82) is 0 Å². The van der Waals surface area contributed by atoms with Crippen LogP contribution >= 0.6 is 0 Å². The van der Waals surface area contributed by atoms with Crippen LogP contribution in [-0.2, 0) is 0 Å². The fourth-order valence-electron chi connectivity index (χ4n) is 2.01. The van der Waals surface area contributed by atoms with Gasteiger partial charge in [-0.1, -0.05) is 19.9 Å². The molecule has 0 radical (unpaired) electrons. The van der Waals surface area contributed by atoms with Gasteiger partial charge >= 0.3 is 0 Å². The van der Waals surface area contributed by atoms with Crippen molar-refractivity contribution in [2.24, 2.45) is 0 Å². The molecule has 1 aromatic rings. The number of benzene rings is 1. The molecule has 0 aliphatic rings. The number of hydrogen-bond acceptors (Lipinski definition) is 3. The summed E-state index contributed by atoms with van der Waals surface area (Å²) in [5.41, 5.74) is 1.24. The monoisotopic (exact) mass is 264 g/mol. The lowest BCUT2D eigenvalue weighted by Crippen LogP contribution is -2.24. The van der Waals surface area contributed by atoms with Gasteiger partial charge in [-0.25, -0.2) is 0 Å². The fourth-order valence-corrected chi connectivity index (χ4v) is 2.01. The molecule has 19 heavy (non-hydrogen) atoms. The van der Waals surface area contributed by atoms with Gasteiger partial charge in [0.25, 0.3) is 0 Å². The van der Waals surface area contributed by atoms with Gasteiger partial charge in [-0.3, -0.25) is 0 Å². The summed E-state index contributed by atoms with van der Waals surface area (Å²) >= 11 is 0. The highest BCUT2D eigenvalue weighted by atomic mass is 16.5. The molecule has 3 nitrogen and oxygen atoms in total. The predicted octanol–water partition coefficient (Wildman–Crippen LogP) is 3.30. The normalized spacial score (nSPS) is 10.8. The zero-order valence-electron chi connectivity index (χ0n) is 12.8. The number of ether oxygens (including phenoxy) is 1. The lowest BCUT2D eigenvalue weighted by molar-refractivity contribution is 0.306. The molecule has 0 amide bonds. The van der Waals surface area contributed by atoms with Crippen molar-refractivity contribution >= 4 is 5.69 Å². The molecule has 0 aromatic heterocycles. The summed E-state index contributed by atoms with van der Waals surface area (Å²) < 4.78 is 5.80. The molecule has 0 saturated carbocycles. The van der Waals surface area contributed by atoms with Crippen molar-refractivity contribution in [3.63, 3.8) is 0 Å². The Bertz CT molecular complexity index is 348. The first-order chi connectivity index (χ1) is 9.17. The molecule has 1 aromatic carbocycles. The van der Waals surface area contributed by atoms with Crippen LogP contribution in [0.2, 0.25) is 0 Å². The first kappa shape index (κ1) is 15.8. The van der Waals surface area contributed by atoms with Crippen LogP contribution in [0.15, 0.2) is 24.3 Å². The molecule has 108 valence electrons. The number of nitrogens with zero attached hydrogens (tertiary/aromatic N) is 1. The van der Waals surface area contributed by atoms with Gasteiger partial charge in [0, 0.05) is 30.9 Å². The molecule has 1 rings (SSSR count). The average molecular weight is 264 g/mol. The van der Waals surface area contributed by atoms with E-state index in [9.17, 15) is 0 Å². The lowest BCUT2D eigenvalue weighted by atomic mass is 10.2. The maximum atomic E-state index is 5.80. The van der Waals surface area contributed by atoms with Crippen molar-refractivity contribution in [1.82, 2.24) is 5.32 Å². The molecular weight excluding hydrogens is 236 g/mol. The molecule has 0 fully saturated rings. The van der Waals surface area contributed by atoms with Crippen LogP contribution in [0.3, 0.4) is 0 Å². The largest absolute Gasteiger partial charge is 0.493 e. The Hall–Kier alpha value is -1.22. The van der Waals surface area contributed by atoms with Crippen LogP contribution in [0.4, 0.5) is 5.69 Å². The molecule has 0 aliphatic carbocycles. The lowest BCUT2D eigenvalue weighted by Gasteiger charge is -2.21. The predicted molar refractivity (Wildman–Crippen MR) is 83.3 cm³/mol. The minimum Gasteiger partial charge on any atom is -0.493 e. The quantitative estimate of drug-likeness (QED) is 0.693. The minimum atomic E-state index is 0.547. The summed E-state index contributed by atoms with van der Waals surface area (Å²) in [7, 11) is 0. The van der Waals surface area contributed by atoms with Gasteiger partial charge in [0.2, 0.25) is 0 Å². The topological polar surface area (TPSA) is 24.5 Å². The van der Waals surface area contributed by atoms with E-state index in [-0.39, 0.29) is 0 Å². The van der Waals surface area contributed by atoms with E-state index in [2.05, 4.69) is 56.1 Å². The van der Waals surface area contributed by atoms with Gasteiger partial charge in [-0.05, 0) is 38.9 Å². The zero-order chi connectivity index (χ0) is 14.1. The van der Waals surface area contributed by atoms with E-state index in [4.69, 9.17) is 4.74 Å². The van der Waals surface area contributed by atoms with Crippen LogP contribution in [0.1, 0.15) is 34.1 Å². The molecular formula is C16H28N2O. The number of nitrogens with one attached hydrogen (secondary N) is 1. The average Bonchev–Trinajstić information content (AvgIpc) is 2.40. The number of hydrogen-bond donors (Lipinski definition) is 1. The van der Waals surface area contributed by atoms with Crippen LogP contribution < -0.4 is 15.0 Å². The second-order valence-electron chi connectivity index (χ2n) is 4.98. The SMILES string of the molecule is CCN(CC)c1cccc(OCCCNC(C)C)c1. The van der Waals surface area contributed by atoms with E-state index in [1.807, 2.05) is 6.07 Å². The van der Waals surface area contributed by atoms with Crippen molar-refractivity contribution in [2.45, 2.75) is 40.2 Å². The number of anilines is 1.